The Hall–Kier alpha value is -0.120. The van der Waals surface area contributed by atoms with E-state index in [4.69, 9.17) is 16.3 Å². The molecule has 0 aliphatic heterocycles. The first-order valence-electron chi connectivity index (χ1n) is 5.25. The van der Waals surface area contributed by atoms with Gasteiger partial charge in [0.2, 0.25) is 0 Å². The lowest BCUT2D eigenvalue weighted by atomic mass is 10.1. The van der Waals surface area contributed by atoms with Crippen LogP contribution in [0.5, 0.6) is 0 Å². The first-order chi connectivity index (χ1) is 7.10. The first-order valence-corrected chi connectivity index (χ1v) is 6.66. The zero-order valence-electron chi connectivity index (χ0n) is 9.55. The third-order valence-electron chi connectivity index (χ3n) is 2.14. The van der Waals surface area contributed by atoms with Gasteiger partial charge in [-0.05, 0) is 33.6 Å². The van der Waals surface area contributed by atoms with Crippen LogP contribution in [0.3, 0.4) is 0 Å². The number of nitrogens with zero attached hydrogens (tertiary/aromatic N) is 1. The van der Waals surface area contributed by atoms with Crippen LogP contribution >= 0.6 is 22.9 Å². The zero-order valence-corrected chi connectivity index (χ0v) is 11.1. The lowest BCUT2D eigenvalue weighted by Crippen LogP contribution is -2.21. The van der Waals surface area contributed by atoms with Crippen LogP contribution in [0.15, 0.2) is 5.38 Å². The smallest absolute Gasteiger partial charge is 0.124 e. The average molecular weight is 248 g/mol. The second-order valence-corrected chi connectivity index (χ2v) is 5.12. The fourth-order valence-corrected chi connectivity index (χ4v) is 2.43. The average Bonchev–Trinajstić information content (AvgIpc) is 2.63. The molecule has 0 radical (unpaired) electrons. The minimum absolute atomic E-state index is 0.265. The van der Waals surface area contributed by atoms with E-state index in [0.29, 0.717) is 12.5 Å². The highest BCUT2D eigenvalue weighted by molar-refractivity contribution is 7.09. The molecule has 1 heterocycles. The Kier molecular flexibility index (Phi) is 5.03. The van der Waals surface area contributed by atoms with E-state index in [1.807, 2.05) is 6.92 Å². The predicted molar refractivity (Wildman–Crippen MR) is 65.8 cm³/mol. The number of rotatable bonds is 6. The van der Waals surface area contributed by atoms with Crippen LogP contribution in [0.2, 0.25) is 0 Å². The number of ether oxygens (including phenoxy) is 1. The van der Waals surface area contributed by atoms with Crippen molar-refractivity contribution < 1.29 is 4.74 Å². The zero-order chi connectivity index (χ0) is 11.3. The monoisotopic (exact) mass is 247 g/mol. The van der Waals surface area contributed by atoms with Gasteiger partial charge in [0.25, 0.3) is 0 Å². The predicted octanol–water partition coefficient (Wildman–Crippen LogP) is 3.59. The van der Waals surface area contributed by atoms with Crippen LogP contribution in [0, 0.1) is 0 Å². The van der Waals surface area contributed by atoms with Crippen LogP contribution in [0.25, 0.3) is 0 Å². The fourth-order valence-electron chi connectivity index (χ4n) is 1.37. The molecule has 0 aliphatic rings. The molecule has 0 spiro atoms. The highest BCUT2D eigenvalue weighted by Gasteiger charge is 2.24. The molecule has 0 saturated carbocycles. The summed E-state index contributed by atoms with van der Waals surface area (Å²) in [6, 6.07) is 0. The molecule has 1 aromatic heterocycles. The Bertz CT molecular complexity index is 299. The summed E-state index contributed by atoms with van der Waals surface area (Å²) in [4.78, 5) is 4.57. The summed E-state index contributed by atoms with van der Waals surface area (Å²) in [5.74, 6) is 0.696. The topological polar surface area (TPSA) is 22.1 Å². The quantitative estimate of drug-likeness (QED) is 0.717. The van der Waals surface area contributed by atoms with Crippen molar-refractivity contribution in [1.29, 1.82) is 0 Å². The van der Waals surface area contributed by atoms with Gasteiger partial charge in [0.05, 0.1) is 5.69 Å². The fraction of sp³-hybridized carbons (Fsp3) is 0.727. The maximum atomic E-state index is 5.66. The molecule has 15 heavy (non-hydrogen) atoms. The summed E-state index contributed by atoms with van der Waals surface area (Å²) >= 11 is 7.32. The van der Waals surface area contributed by atoms with Crippen molar-refractivity contribution >= 4 is 22.9 Å². The van der Waals surface area contributed by atoms with Crippen molar-refractivity contribution in [3.8, 4) is 0 Å². The molecule has 0 aliphatic carbocycles. The van der Waals surface area contributed by atoms with Gasteiger partial charge < -0.3 is 4.74 Å². The highest BCUT2D eigenvalue weighted by Crippen LogP contribution is 2.27. The number of hydrogen-bond donors (Lipinski definition) is 0. The molecule has 0 atom stereocenters. The molecule has 0 aromatic carbocycles. The van der Waals surface area contributed by atoms with Crippen LogP contribution in [0.1, 0.15) is 37.9 Å². The van der Waals surface area contributed by atoms with E-state index in [9.17, 15) is 0 Å². The van der Waals surface area contributed by atoms with E-state index in [1.54, 1.807) is 11.3 Å². The Balaban J connectivity index is 2.66. The summed E-state index contributed by atoms with van der Waals surface area (Å²) in [5, 5.41) is 3.15. The number of aromatic nitrogens is 1. The molecule has 0 bridgehead atoms. The lowest BCUT2D eigenvalue weighted by molar-refractivity contribution is -0.0142. The molecule has 0 amide bonds. The Morgan fingerprint density at radius 1 is 1.53 bits per heavy atom. The van der Waals surface area contributed by atoms with Gasteiger partial charge in [0.15, 0.2) is 0 Å². The van der Waals surface area contributed by atoms with Crippen molar-refractivity contribution in [3.63, 3.8) is 0 Å². The molecular weight excluding hydrogens is 230 g/mol. The van der Waals surface area contributed by atoms with E-state index in [2.05, 4.69) is 24.2 Å². The summed E-state index contributed by atoms with van der Waals surface area (Å²) in [6.45, 7) is 6.83. The molecule has 0 N–H and O–H groups in total. The third kappa shape index (κ3) is 3.74. The second kappa shape index (κ2) is 5.83. The van der Waals surface area contributed by atoms with Gasteiger partial charge in [-0.2, -0.15) is 0 Å². The van der Waals surface area contributed by atoms with Crippen LogP contribution in [-0.4, -0.2) is 17.5 Å². The van der Waals surface area contributed by atoms with E-state index in [1.165, 1.54) is 0 Å². The Morgan fingerprint density at radius 2 is 2.27 bits per heavy atom. The van der Waals surface area contributed by atoms with Crippen molar-refractivity contribution in [3.05, 3.63) is 16.1 Å². The molecule has 2 nitrogen and oxygen atoms in total. The van der Waals surface area contributed by atoms with Gasteiger partial charge >= 0.3 is 0 Å². The maximum absolute atomic E-state index is 5.66. The summed E-state index contributed by atoms with van der Waals surface area (Å²) in [7, 11) is 0. The first kappa shape index (κ1) is 12.9. The van der Waals surface area contributed by atoms with Crippen molar-refractivity contribution in [1.82, 2.24) is 4.98 Å². The van der Waals surface area contributed by atoms with Gasteiger partial charge in [-0.25, -0.2) is 4.98 Å². The summed E-state index contributed by atoms with van der Waals surface area (Å²) < 4.78 is 5.66. The molecule has 1 aromatic rings. The Labute approximate surface area is 101 Å². The standard InChI is InChI=1S/C11H18ClNOS/c1-4-14-11(2,3)10-13-9(8-15-10)6-5-7-12/h8H,4-7H2,1-3H3. The summed E-state index contributed by atoms with van der Waals surface area (Å²) in [6.07, 6.45) is 1.95. The minimum atomic E-state index is -0.265. The minimum Gasteiger partial charge on any atom is -0.369 e. The van der Waals surface area contributed by atoms with E-state index in [0.717, 1.165) is 23.5 Å². The van der Waals surface area contributed by atoms with Crippen LogP contribution in [-0.2, 0) is 16.8 Å². The molecule has 0 unspecified atom stereocenters. The van der Waals surface area contributed by atoms with Crippen molar-refractivity contribution in [2.75, 3.05) is 12.5 Å². The molecule has 0 saturated heterocycles. The van der Waals surface area contributed by atoms with Crippen molar-refractivity contribution in [2.24, 2.45) is 0 Å². The normalized spacial score (nSPS) is 12.0. The SMILES string of the molecule is CCOC(C)(C)c1nc(CCCCl)cs1. The molecule has 1 rings (SSSR count). The number of alkyl halides is 1. The highest BCUT2D eigenvalue weighted by atomic mass is 35.5. The number of aryl methyl sites for hydroxylation is 1. The number of hydrogen-bond acceptors (Lipinski definition) is 3. The van der Waals surface area contributed by atoms with Crippen molar-refractivity contribution in [2.45, 2.75) is 39.2 Å². The molecule has 86 valence electrons. The summed E-state index contributed by atoms with van der Waals surface area (Å²) in [5.41, 5.74) is 0.863. The van der Waals surface area contributed by atoms with Gasteiger partial charge in [-0.15, -0.1) is 22.9 Å². The largest absolute Gasteiger partial charge is 0.369 e. The van der Waals surface area contributed by atoms with Gasteiger partial charge in [-0.1, -0.05) is 0 Å². The van der Waals surface area contributed by atoms with Crippen LogP contribution in [0.4, 0.5) is 0 Å². The Morgan fingerprint density at radius 3 is 2.87 bits per heavy atom. The lowest BCUT2D eigenvalue weighted by Gasteiger charge is -2.21. The van der Waals surface area contributed by atoms with E-state index in [-0.39, 0.29) is 5.60 Å². The molecular formula is C11H18ClNOS. The molecule has 4 heteroatoms. The number of thiazole rings is 1. The molecule has 0 fully saturated rings. The van der Waals surface area contributed by atoms with Gasteiger partial charge in [0, 0.05) is 17.9 Å². The van der Waals surface area contributed by atoms with Gasteiger partial charge in [-0.3, -0.25) is 0 Å². The maximum Gasteiger partial charge on any atom is 0.124 e. The third-order valence-corrected chi connectivity index (χ3v) is 3.60. The second-order valence-electron chi connectivity index (χ2n) is 3.88. The van der Waals surface area contributed by atoms with E-state index >= 15 is 0 Å². The van der Waals surface area contributed by atoms with E-state index < -0.39 is 0 Å². The van der Waals surface area contributed by atoms with Gasteiger partial charge in [0.1, 0.15) is 10.6 Å². The number of halogens is 1. The van der Waals surface area contributed by atoms with Crippen LogP contribution < -0.4 is 0 Å².